The highest BCUT2D eigenvalue weighted by Gasteiger charge is 2.17. The molecule has 2 aromatic heterocycles. The second-order valence-electron chi connectivity index (χ2n) is 4.97. The van der Waals surface area contributed by atoms with Crippen molar-refractivity contribution >= 4 is 34.6 Å². The second-order valence-corrected chi connectivity index (χ2v) is 4.97. The molecule has 0 spiro atoms. The number of aromatic nitrogens is 4. The van der Waals surface area contributed by atoms with Crippen molar-refractivity contribution in [1.82, 2.24) is 19.6 Å². The van der Waals surface area contributed by atoms with Crippen molar-refractivity contribution < 1.29 is 18.7 Å². The van der Waals surface area contributed by atoms with Gasteiger partial charge in [-0.3, -0.25) is 10.1 Å². The van der Waals surface area contributed by atoms with Gasteiger partial charge in [0.25, 0.3) is 5.91 Å². The molecule has 0 atom stereocenters. The minimum atomic E-state index is -0.824. The zero-order valence-electron chi connectivity index (χ0n) is 13.1. The van der Waals surface area contributed by atoms with Gasteiger partial charge in [0.2, 0.25) is 0 Å². The van der Waals surface area contributed by atoms with Crippen LogP contribution < -0.4 is 16.8 Å². The summed E-state index contributed by atoms with van der Waals surface area (Å²) in [6.07, 6.45) is 0.649. The molecule has 1 amide bonds. The minimum absolute atomic E-state index is 0.114. The third-order valence-corrected chi connectivity index (χ3v) is 3.20. The predicted octanol–water partition coefficient (Wildman–Crippen LogP) is 0.677. The highest BCUT2D eigenvalue weighted by Crippen LogP contribution is 2.16. The fourth-order valence-corrected chi connectivity index (χ4v) is 2.19. The Morgan fingerprint density at radius 3 is 2.96 bits per heavy atom. The summed E-state index contributed by atoms with van der Waals surface area (Å²) in [5.41, 5.74) is 6.54. The average molecular weight is 346 g/mol. The van der Waals surface area contributed by atoms with Crippen LogP contribution in [0.15, 0.2) is 33.6 Å². The molecule has 3 rings (SSSR count). The van der Waals surface area contributed by atoms with Crippen LogP contribution in [0.3, 0.4) is 0 Å². The maximum absolute atomic E-state index is 12.4. The molecule has 0 aliphatic carbocycles. The molecule has 11 heteroatoms. The van der Waals surface area contributed by atoms with Crippen LogP contribution in [-0.4, -0.2) is 38.2 Å². The molecule has 11 nitrogen and oxygen atoms in total. The van der Waals surface area contributed by atoms with Crippen LogP contribution in [-0.2, 0) is 11.3 Å². The predicted molar refractivity (Wildman–Crippen MR) is 86.2 cm³/mol. The Hall–Kier alpha value is -3.63. The first-order valence-electron chi connectivity index (χ1n) is 7.26. The van der Waals surface area contributed by atoms with Crippen LogP contribution in [0.5, 0.6) is 0 Å². The molecular weight excluding hydrogens is 332 g/mol. The van der Waals surface area contributed by atoms with Gasteiger partial charge in [-0.1, -0.05) is 5.21 Å². The van der Waals surface area contributed by atoms with Crippen LogP contribution in [0.25, 0.3) is 11.1 Å². The summed E-state index contributed by atoms with van der Waals surface area (Å²) in [4.78, 5) is 35.6. The number of oxazole rings is 1. The summed E-state index contributed by atoms with van der Waals surface area (Å²) < 4.78 is 11.8. The Morgan fingerprint density at radius 2 is 2.20 bits per heavy atom. The van der Waals surface area contributed by atoms with Crippen molar-refractivity contribution in [3.8, 4) is 0 Å². The molecule has 0 bridgehead atoms. The fraction of sp³-hybridized carbons (Fsp3) is 0.214. The molecule has 3 N–H and O–H groups in total. The van der Waals surface area contributed by atoms with Gasteiger partial charge in [0.15, 0.2) is 11.4 Å². The van der Waals surface area contributed by atoms with Gasteiger partial charge in [-0.15, -0.1) is 5.10 Å². The van der Waals surface area contributed by atoms with E-state index in [1.807, 2.05) is 0 Å². The molecule has 3 aromatic rings. The highest BCUT2D eigenvalue weighted by molar-refractivity contribution is 5.90. The Morgan fingerprint density at radius 1 is 1.40 bits per heavy atom. The Labute approximate surface area is 140 Å². The number of carbonyl (C=O) groups is 2. The number of hydrogen-bond acceptors (Lipinski definition) is 8. The average Bonchev–Trinajstić information content (AvgIpc) is 3.10. The number of hydrogen-bond donors (Lipinski definition) is 2. The summed E-state index contributed by atoms with van der Waals surface area (Å²) in [6, 6.07) is 4.53. The molecule has 130 valence electrons. The van der Waals surface area contributed by atoms with Crippen molar-refractivity contribution in [3.63, 3.8) is 0 Å². The monoisotopic (exact) mass is 346 g/mol. The quantitative estimate of drug-likeness (QED) is 0.655. The molecule has 0 saturated heterocycles. The maximum atomic E-state index is 12.4. The highest BCUT2D eigenvalue weighted by atomic mass is 16.5. The summed E-state index contributed by atoms with van der Waals surface area (Å²) >= 11 is 0. The molecule has 0 aliphatic heterocycles. The van der Waals surface area contributed by atoms with E-state index < -0.39 is 17.8 Å². The Bertz CT molecular complexity index is 1000. The number of nitrogens with two attached hydrogens (primary N) is 1. The molecule has 0 unspecified atom stereocenters. The van der Waals surface area contributed by atoms with Crippen LogP contribution in [0.1, 0.15) is 11.7 Å². The van der Waals surface area contributed by atoms with Crippen LogP contribution in [0.2, 0.25) is 0 Å². The first-order valence-corrected chi connectivity index (χ1v) is 7.26. The number of anilines is 2. The lowest BCUT2D eigenvalue weighted by Crippen LogP contribution is -2.26. The van der Waals surface area contributed by atoms with Crippen molar-refractivity contribution in [2.75, 3.05) is 17.7 Å². The lowest BCUT2D eigenvalue weighted by Gasteiger charge is -2.01. The summed E-state index contributed by atoms with van der Waals surface area (Å²) in [6.45, 7) is 1.59. The minimum Gasteiger partial charge on any atom is -0.450 e. The largest absolute Gasteiger partial charge is 0.450 e. The molecule has 0 saturated carbocycles. The molecule has 0 radical (unpaired) electrons. The number of nitrogens with zero attached hydrogens (tertiary/aromatic N) is 4. The van der Waals surface area contributed by atoms with Gasteiger partial charge in [0.1, 0.15) is 6.54 Å². The van der Waals surface area contributed by atoms with Gasteiger partial charge in [-0.25, -0.2) is 18.8 Å². The molecule has 0 fully saturated rings. The Kier molecular flexibility index (Phi) is 4.20. The number of benzene rings is 1. The molecule has 0 aliphatic rings. The SMILES string of the molecule is CCOC(=O)Nc1cn(CC(=O)n2c(=O)oc3cc(N)ccc32)nn1. The topological polar surface area (TPSA) is 147 Å². The molecule has 25 heavy (non-hydrogen) atoms. The van der Waals surface area contributed by atoms with Crippen molar-refractivity contribution in [1.29, 1.82) is 0 Å². The number of ether oxygens (including phenoxy) is 1. The molecular formula is C14H14N6O5. The second kappa shape index (κ2) is 6.47. The molecule has 2 heterocycles. The van der Waals surface area contributed by atoms with Gasteiger partial charge in [-0.2, -0.15) is 0 Å². The summed E-state index contributed by atoms with van der Waals surface area (Å²) in [5.74, 6) is -1.29. The standard InChI is InChI=1S/C14H14N6O5/c1-2-24-13(22)16-11-6-19(18-17-11)7-12(21)20-9-4-3-8(15)5-10(9)25-14(20)23/h3-6H,2,7,15H2,1H3,(H,16,22). The van der Waals surface area contributed by atoms with E-state index in [2.05, 4.69) is 15.6 Å². The van der Waals surface area contributed by atoms with Crippen molar-refractivity contribution in [3.05, 3.63) is 34.9 Å². The fourth-order valence-electron chi connectivity index (χ4n) is 2.19. The van der Waals surface area contributed by atoms with Crippen LogP contribution >= 0.6 is 0 Å². The number of nitrogen functional groups attached to an aromatic ring is 1. The summed E-state index contributed by atoms with van der Waals surface area (Å²) in [7, 11) is 0. The van der Waals surface area contributed by atoms with Gasteiger partial charge in [-0.05, 0) is 19.1 Å². The van der Waals surface area contributed by atoms with E-state index >= 15 is 0 Å². The van der Waals surface area contributed by atoms with Crippen LogP contribution in [0.4, 0.5) is 16.3 Å². The van der Waals surface area contributed by atoms with Gasteiger partial charge < -0.3 is 14.9 Å². The zero-order chi connectivity index (χ0) is 18.0. The number of fused-ring (bicyclic) bond motifs is 1. The first-order chi connectivity index (χ1) is 12.0. The number of carbonyl (C=O) groups excluding carboxylic acids is 2. The smallest absolute Gasteiger partial charge is 0.426 e. The Balaban J connectivity index is 1.79. The molecule has 1 aromatic carbocycles. The number of nitrogens with one attached hydrogen (secondary N) is 1. The summed E-state index contributed by atoms with van der Waals surface area (Å²) in [5, 5.41) is 9.75. The zero-order valence-corrected chi connectivity index (χ0v) is 13.1. The van der Waals surface area contributed by atoms with E-state index in [1.54, 1.807) is 13.0 Å². The maximum Gasteiger partial charge on any atom is 0.426 e. The van der Waals surface area contributed by atoms with Crippen molar-refractivity contribution in [2.24, 2.45) is 0 Å². The normalized spacial score (nSPS) is 10.8. The lowest BCUT2D eigenvalue weighted by atomic mass is 10.3. The first kappa shape index (κ1) is 16.2. The van der Waals surface area contributed by atoms with Gasteiger partial charge in [0.05, 0.1) is 18.3 Å². The number of amides is 1. The van der Waals surface area contributed by atoms with E-state index in [9.17, 15) is 14.4 Å². The van der Waals surface area contributed by atoms with Crippen LogP contribution in [0, 0.1) is 0 Å². The van der Waals surface area contributed by atoms with Gasteiger partial charge >= 0.3 is 11.8 Å². The van der Waals surface area contributed by atoms with E-state index in [1.165, 1.54) is 23.0 Å². The van der Waals surface area contributed by atoms with E-state index in [0.717, 1.165) is 4.57 Å². The third kappa shape index (κ3) is 3.34. The number of rotatable bonds is 4. The van der Waals surface area contributed by atoms with E-state index in [-0.39, 0.29) is 24.6 Å². The van der Waals surface area contributed by atoms with Gasteiger partial charge in [0, 0.05) is 11.8 Å². The van der Waals surface area contributed by atoms with Crippen molar-refractivity contribution in [2.45, 2.75) is 13.5 Å². The van der Waals surface area contributed by atoms with E-state index in [4.69, 9.17) is 14.9 Å². The van der Waals surface area contributed by atoms with E-state index in [0.29, 0.717) is 11.2 Å². The lowest BCUT2D eigenvalue weighted by molar-refractivity contribution is 0.0882. The third-order valence-electron chi connectivity index (χ3n) is 3.20.